The van der Waals surface area contributed by atoms with E-state index >= 15 is 0 Å². The summed E-state index contributed by atoms with van der Waals surface area (Å²) in [6.45, 7) is 12.1. The molecule has 0 unspecified atom stereocenters. The third-order valence-corrected chi connectivity index (χ3v) is 3.62. The third-order valence-electron chi connectivity index (χ3n) is 3.62. The van der Waals surface area contributed by atoms with Gasteiger partial charge in [-0.3, -0.25) is 4.99 Å². The molecule has 0 atom stereocenters. The molecule has 28 heavy (non-hydrogen) atoms. The molecule has 0 saturated carbocycles. The van der Waals surface area contributed by atoms with Gasteiger partial charge < -0.3 is 14.2 Å². The Morgan fingerprint density at radius 1 is 1.32 bits per heavy atom. The van der Waals surface area contributed by atoms with Gasteiger partial charge in [-0.2, -0.15) is 0 Å². The second kappa shape index (κ2) is 13.1. The molecule has 0 fully saturated rings. The standard InChI is InChI=1S/C23H30N2O3/c1-7-10-12-19(5)23(24-9-3)28-21(17-20(8-2)26-6)14-16-27-22-18(4)13-11-15-25-22/h7-8,11-17H,1,9-10H2,2-6H3/b16-14+,19-12-,20-8+,21-17+,24-23+. The van der Waals surface area contributed by atoms with E-state index in [4.69, 9.17) is 14.2 Å². The Morgan fingerprint density at radius 3 is 2.71 bits per heavy atom. The molecular weight excluding hydrogens is 352 g/mol. The lowest BCUT2D eigenvalue weighted by Crippen LogP contribution is -2.07. The number of aliphatic imine (C=N–C) groups is 1. The van der Waals surface area contributed by atoms with Gasteiger partial charge in [0.25, 0.3) is 0 Å². The van der Waals surface area contributed by atoms with Gasteiger partial charge in [0.1, 0.15) is 11.5 Å². The number of aryl methyl sites for hydroxylation is 1. The minimum absolute atomic E-state index is 0.530. The predicted octanol–water partition coefficient (Wildman–Crippen LogP) is 5.67. The van der Waals surface area contributed by atoms with Gasteiger partial charge in [-0.15, -0.1) is 6.58 Å². The number of methoxy groups -OCH3 is 1. The van der Waals surface area contributed by atoms with Gasteiger partial charge in [-0.05, 0) is 46.3 Å². The Hall–Kier alpha value is -3.08. The van der Waals surface area contributed by atoms with E-state index in [0.29, 0.717) is 29.8 Å². The van der Waals surface area contributed by atoms with Crippen molar-refractivity contribution in [2.45, 2.75) is 34.1 Å². The molecule has 150 valence electrons. The minimum atomic E-state index is 0.530. The van der Waals surface area contributed by atoms with Crippen LogP contribution in [-0.2, 0) is 9.47 Å². The van der Waals surface area contributed by atoms with E-state index in [1.165, 1.54) is 6.26 Å². The summed E-state index contributed by atoms with van der Waals surface area (Å²) in [5, 5.41) is 0. The molecule has 0 aromatic carbocycles. The summed E-state index contributed by atoms with van der Waals surface area (Å²) < 4.78 is 17.0. The van der Waals surface area contributed by atoms with Crippen LogP contribution in [0.1, 0.15) is 32.8 Å². The fraction of sp³-hybridized carbons (Fsp3) is 0.304. The summed E-state index contributed by atoms with van der Waals surface area (Å²) in [5.41, 5.74) is 1.88. The molecule has 1 aromatic rings. The highest BCUT2D eigenvalue weighted by molar-refractivity contribution is 5.93. The number of hydrogen-bond donors (Lipinski definition) is 0. The molecule has 1 rings (SSSR count). The molecular formula is C23H30N2O3. The van der Waals surface area contributed by atoms with Crippen molar-refractivity contribution in [3.05, 3.63) is 84.2 Å². The molecule has 5 nitrogen and oxygen atoms in total. The smallest absolute Gasteiger partial charge is 0.221 e. The van der Waals surface area contributed by atoms with Gasteiger partial charge in [0.2, 0.25) is 11.8 Å². The second-order valence-corrected chi connectivity index (χ2v) is 5.78. The average Bonchev–Trinajstić information content (AvgIpc) is 2.70. The highest BCUT2D eigenvalue weighted by Gasteiger charge is 2.07. The third kappa shape index (κ3) is 8.08. The highest BCUT2D eigenvalue weighted by atomic mass is 16.5. The maximum Gasteiger partial charge on any atom is 0.221 e. The molecule has 0 radical (unpaired) electrons. The zero-order valence-electron chi connectivity index (χ0n) is 17.4. The van der Waals surface area contributed by atoms with Crippen LogP contribution in [0.25, 0.3) is 0 Å². The Bertz CT molecular complexity index is 787. The molecule has 0 aliphatic rings. The number of aromatic nitrogens is 1. The Kier molecular flexibility index (Phi) is 10.8. The number of allylic oxidation sites excluding steroid dienone is 5. The van der Waals surface area contributed by atoms with Gasteiger partial charge in [0.05, 0.1) is 13.4 Å². The number of ether oxygens (including phenoxy) is 3. The van der Waals surface area contributed by atoms with E-state index in [0.717, 1.165) is 17.6 Å². The van der Waals surface area contributed by atoms with E-state index < -0.39 is 0 Å². The Labute approximate surface area is 168 Å². The van der Waals surface area contributed by atoms with Crippen LogP contribution < -0.4 is 4.74 Å². The van der Waals surface area contributed by atoms with Crippen LogP contribution in [0.4, 0.5) is 0 Å². The zero-order valence-corrected chi connectivity index (χ0v) is 17.4. The van der Waals surface area contributed by atoms with Gasteiger partial charge in [-0.25, -0.2) is 4.98 Å². The highest BCUT2D eigenvalue weighted by Crippen LogP contribution is 2.15. The predicted molar refractivity (Wildman–Crippen MR) is 115 cm³/mol. The van der Waals surface area contributed by atoms with Crippen molar-refractivity contribution >= 4 is 5.90 Å². The molecule has 0 aliphatic heterocycles. The molecule has 0 saturated heterocycles. The van der Waals surface area contributed by atoms with Crippen molar-refractivity contribution in [2.75, 3.05) is 13.7 Å². The Balaban J connectivity index is 3.10. The van der Waals surface area contributed by atoms with E-state index in [2.05, 4.69) is 16.6 Å². The molecule has 0 amide bonds. The zero-order chi connectivity index (χ0) is 20.8. The molecule has 0 aliphatic carbocycles. The Morgan fingerprint density at radius 2 is 2.11 bits per heavy atom. The maximum absolute atomic E-state index is 6.05. The summed E-state index contributed by atoms with van der Waals surface area (Å²) >= 11 is 0. The van der Waals surface area contributed by atoms with Crippen LogP contribution in [0.2, 0.25) is 0 Å². The van der Waals surface area contributed by atoms with Crippen LogP contribution in [0.3, 0.4) is 0 Å². The van der Waals surface area contributed by atoms with Crippen molar-refractivity contribution < 1.29 is 14.2 Å². The molecule has 0 spiro atoms. The molecule has 1 heterocycles. The van der Waals surface area contributed by atoms with Crippen molar-refractivity contribution in [1.82, 2.24) is 4.98 Å². The van der Waals surface area contributed by atoms with E-state index in [-0.39, 0.29) is 0 Å². The lowest BCUT2D eigenvalue weighted by atomic mass is 10.2. The topological polar surface area (TPSA) is 52.9 Å². The second-order valence-electron chi connectivity index (χ2n) is 5.78. The number of pyridine rings is 1. The number of rotatable bonds is 10. The van der Waals surface area contributed by atoms with Crippen LogP contribution in [0, 0.1) is 6.92 Å². The fourth-order valence-corrected chi connectivity index (χ4v) is 2.11. The van der Waals surface area contributed by atoms with E-state index in [9.17, 15) is 0 Å². The molecule has 0 N–H and O–H groups in total. The maximum atomic E-state index is 6.05. The summed E-state index contributed by atoms with van der Waals surface area (Å²) in [7, 11) is 1.61. The monoisotopic (exact) mass is 382 g/mol. The quantitative estimate of drug-likeness (QED) is 0.172. The summed E-state index contributed by atoms with van der Waals surface area (Å²) in [5.74, 6) is 2.28. The number of nitrogens with zero attached hydrogens (tertiary/aromatic N) is 2. The van der Waals surface area contributed by atoms with Crippen LogP contribution >= 0.6 is 0 Å². The summed E-state index contributed by atoms with van der Waals surface area (Å²) in [4.78, 5) is 8.67. The van der Waals surface area contributed by atoms with Gasteiger partial charge in [0.15, 0.2) is 0 Å². The number of hydrogen-bond acceptors (Lipinski definition) is 5. The first-order valence-electron chi connectivity index (χ1n) is 9.22. The van der Waals surface area contributed by atoms with Crippen LogP contribution in [0.15, 0.2) is 83.6 Å². The van der Waals surface area contributed by atoms with Crippen molar-refractivity contribution in [1.29, 1.82) is 0 Å². The SMILES string of the molecule is C=CC/C=C(C)\C(=N/CC)OC(/C=C/Oc1ncccc1C)=C/C(=C\C)OC. The largest absolute Gasteiger partial charge is 0.497 e. The van der Waals surface area contributed by atoms with Gasteiger partial charge in [-0.1, -0.05) is 18.2 Å². The molecule has 0 bridgehead atoms. The normalized spacial score (nSPS) is 13.6. The first-order valence-corrected chi connectivity index (χ1v) is 9.22. The molecule has 1 aromatic heterocycles. The van der Waals surface area contributed by atoms with E-state index in [1.807, 2.05) is 58.1 Å². The first kappa shape index (κ1) is 23.0. The van der Waals surface area contributed by atoms with Crippen LogP contribution in [-0.4, -0.2) is 24.5 Å². The fourth-order valence-electron chi connectivity index (χ4n) is 2.11. The van der Waals surface area contributed by atoms with Crippen LogP contribution in [0.5, 0.6) is 5.88 Å². The molecule has 5 heteroatoms. The summed E-state index contributed by atoms with van der Waals surface area (Å²) in [6.07, 6.45) is 13.1. The lowest BCUT2D eigenvalue weighted by molar-refractivity contribution is 0.302. The minimum Gasteiger partial charge on any atom is -0.497 e. The van der Waals surface area contributed by atoms with Gasteiger partial charge in [0, 0.05) is 36.0 Å². The van der Waals surface area contributed by atoms with Crippen molar-refractivity contribution in [3.8, 4) is 5.88 Å². The summed E-state index contributed by atoms with van der Waals surface area (Å²) in [6, 6.07) is 3.80. The van der Waals surface area contributed by atoms with Crippen molar-refractivity contribution in [3.63, 3.8) is 0 Å². The average molecular weight is 383 g/mol. The first-order chi connectivity index (χ1) is 13.5. The lowest BCUT2D eigenvalue weighted by Gasteiger charge is -2.11. The van der Waals surface area contributed by atoms with Crippen molar-refractivity contribution in [2.24, 2.45) is 4.99 Å². The van der Waals surface area contributed by atoms with Gasteiger partial charge >= 0.3 is 0 Å². The van der Waals surface area contributed by atoms with E-state index in [1.54, 1.807) is 25.5 Å².